The average Bonchev–Trinajstić information content (AvgIpc) is 2.38. The predicted molar refractivity (Wildman–Crippen MR) is 75.7 cm³/mol. The Kier molecular flexibility index (Phi) is 2.83. The summed E-state index contributed by atoms with van der Waals surface area (Å²) in [6.45, 7) is 1.92. The Labute approximate surface area is 111 Å². The largest absolute Gasteiger partial charge is 0.368 e. The fourth-order valence-corrected chi connectivity index (χ4v) is 2.25. The highest BCUT2D eigenvalue weighted by atomic mass is 15.0. The summed E-state index contributed by atoms with van der Waals surface area (Å²) >= 11 is 0. The first-order chi connectivity index (χ1) is 9.22. The molecule has 3 rings (SSSR count). The molecule has 2 heterocycles. The maximum atomic E-state index is 5.69. The lowest BCUT2D eigenvalue weighted by molar-refractivity contribution is 1.02. The third kappa shape index (κ3) is 2.38. The number of nitrogens with two attached hydrogens (primary N) is 1. The highest BCUT2D eigenvalue weighted by Gasteiger charge is 2.05. The fourth-order valence-electron chi connectivity index (χ4n) is 2.25. The van der Waals surface area contributed by atoms with E-state index in [9.17, 15) is 0 Å². The Morgan fingerprint density at radius 2 is 1.95 bits per heavy atom. The number of benzene rings is 1. The summed E-state index contributed by atoms with van der Waals surface area (Å²) in [6.07, 6.45) is 2.56. The van der Waals surface area contributed by atoms with Crippen molar-refractivity contribution in [3.8, 4) is 0 Å². The van der Waals surface area contributed by atoms with Crippen molar-refractivity contribution >= 4 is 16.9 Å². The van der Waals surface area contributed by atoms with Crippen molar-refractivity contribution in [3.63, 3.8) is 0 Å². The second-order valence-electron chi connectivity index (χ2n) is 4.52. The Morgan fingerprint density at radius 1 is 1.11 bits per heavy atom. The minimum atomic E-state index is 0.327. The van der Waals surface area contributed by atoms with E-state index in [1.807, 2.05) is 43.5 Å². The van der Waals surface area contributed by atoms with Crippen LogP contribution in [0.5, 0.6) is 0 Å². The molecule has 2 N–H and O–H groups in total. The van der Waals surface area contributed by atoms with Crippen molar-refractivity contribution < 1.29 is 0 Å². The molecule has 19 heavy (non-hydrogen) atoms. The van der Waals surface area contributed by atoms with E-state index in [1.54, 1.807) is 0 Å². The minimum absolute atomic E-state index is 0.327. The van der Waals surface area contributed by atoms with Gasteiger partial charge in [-0.3, -0.25) is 4.98 Å². The van der Waals surface area contributed by atoms with Crippen molar-refractivity contribution in [2.75, 3.05) is 5.73 Å². The first-order valence-electron chi connectivity index (χ1n) is 6.15. The van der Waals surface area contributed by atoms with Crippen LogP contribution in [0.3, 0.4) is 0 Å². The van der Waals surface area contributed by atoms with Crippen LogP contribution in [-0.4, -0.2) is 15.0 Å². The Morgan fingerprint density at radius 3 is 2.79 bits per heavy atom. The van der Waals surface area contributed by atoms with Crippen LogP contribution in [0, 0.1) is 6.92 Å². The second kappa shape index (κ2) is 4.65. The molecule has 0 unspecified atom stereocenters. The van der Waals surface area contributed by atoms with E-state index in [0.717, 1.165) is 28.7 Å². The summed E-state index contributed by atoms with van der Waals surface area (Å²) in [5.41, 5.74) is 9.71. The lowest BCUT2D eigenvalue weighted by Gasteiger charge is -2.06. The summed E-state index contributed by atoms with van der Waals surface area (Å²) in [5, 5.41) is 1.15. The van der Waals surface area contributed by atoms with Gasteiger partial charge in [0.05, 0.1) is 11.2 Å². The number of nitrogens with zero attached hydrogens (tertiary/aromatic N) is 3. The van der Waals surface area contributed by atoms with Gasteiger partial charge in [-0.2, -0.15) is 0 Å². The van der Waals surface area contributed by atoms with Crippen molar-refractivity contribution in [3.05, 3.63) is 59.5 Å². The van der Waals surface area contributed by atoms with Gasteiger partial charge in [-0.25, -0.2) is 9.97 Å². The summed E-state index contributed by atoms with van der Waals surface area (Å²) in [5.74, 6) is 0.327. The highest BCUT2D eigenvalue weighted by Crippen LogP contribution is 2.19. The van der Waals surface area contributed by atoms with Gasteiger partial charge < -0.3 is 5.73 Å². The number of hydrogen-bond donors (Lipinski definition) is 1. The zero-order valence-corrected chi connectivity index (χ0v) is 10.7. The molecule has 1 aromatic carbocycles. The monoisotopic (exact) mass is 250 g/mol. The van der Waals surface area contributed by atoms with Crippen molar-refractivity contribution in [1.82, 2.24) is 15.0 Å². The van der Waals surface area contributed by atoms with Crippen molar-refractivity contribution in [2.24, 2.45) is 0 Å². The maximum Gasteiger partial charge on any atom is 0.220 e. The molecule has 0 bridgehead atoms. The van der Waals surface area contributed by atoms with Gasteiger partial charge in [0.1, 0.15) is 0 Å². The van der Waals surface area contributed by atoms with Crippen LogP contribution in [0.1, 0.15) is 17.0 Å². The lowest BCUT2D eigenvalue weighted by atomic mass is 10.0. The van der Waals surface area contributed by atoms with Gasteiger partial charge >= 0.3 is 0 Å². The molecule has 0 fully saturated rings. The number of para-hydroxylation sites is 1. The summed E-state index contributed by atoms with van der Waals surface area (Å²) in [7, 11) is 0. The number of pyridine rings is 1. The molecule has 3 aromatic rings. The molecular formula is C15H14N4. The molecule has 0 spiro atoms. The van der Waals surface area contributed by atoms with Gasteiger partial charge in [0, 0.05) is 23.7 Å². The van der Waals surface area contributed by atoms with E-state index in [1.165, 1.54) is 5.56 Å². The number of aryl methyl sites for hydroxylation is 1. The van der Waals surface area contributed by atoms with Gasteiger partial charge in [-0.15, -0.1) is 0 Å². The topological polar surface area (TPSA) is 64.7 Å². The van der Waals surface area contributed by atoms with E-state index in [0.29, 0.717) is 5.95 Å². The summed E-state index contributed by atoms with van der Waals surface area (Å²) in [6, 6.07) is 12.1. The molecular weight excluding hydrogens is 236 g/mol. The Balaban J connectivity index is 2.05. The number of aromatic nitrogens is 3. The summed E-state index contributed by atoms with van der Waals surface area (Å²) in [4.78, 5) is 12.7. The lowest BCUT2D eigenvalue weighted by Crippen LogP contribution is -2.02. The van der Waals surface area contributed by atoms with Crippen LogP contribution >= 0.6 is 0 Å². The standard InChI is InChI=1S/C15H14N4/c1-10-8-12(19-15(16)18-10)9-11-6-7-17-14-5-3-2-4-13(11)14/h2-8H,9H2,1H3,(H2,16,18,19). The van der Waals surface area contributed by atoms with Crippen LogP contribution in [0.15, 0.2) is 42.6 Å². The number of nitrogen functional groups attached to an aromatic ring is 1. The van der Waals surface area contributed by atoms with Gasteiger partial charge in [0.15, 0.2) is 0 Å². The van der Waals surface area contributed by atoms with Gasteiger partial charge in [0.2, 0.25) is 5.95 Å². The zero-order chi connectivity index (χ0) is 13.2. The molecule has 0 aliphatic rings. The van der Waals surface area contributed by atoms with Gasteiger partial charge in [-0.1, -0.05) is 18.2 Å². The van der Waals surface area contributed by atoms with Crippen LogP contribution < -0.4 is 5.73 Å². The Hall–Kier alpha value is -2.49. The first-order valence-corrected chi connectivity index (χ1v) is 6.15. The molecule has 0 amide bonds. The van der Waals surface area contributed by atoms with Crippen molar-refractivity contribution in [1.29, 1.82) is 0 Å². The number of rotatable bonds is 2. The van der Waals surface area contributed by atoms with E-state index in [2.05, 4.69) is 21.0 Å². The number of fused-ring (bicyclic) bond motifs is 1. The number of anilines is 1. The van der Waals surface area contributed by atoms with Gasteiger partial charge in [0.25, 0.3) is 0 Å². The normalized spacial score (nSPS) is 10.8. The van der Waals surface area contributed by atoms with E-state index >= 15 is 0 Å². The van der Waals surface area contributed by atoms with Gasteiger partial charge in [-0.05, 0) is 30.7 Å². The van der Waals surface area contributed by atoms with E-state index in [-0.39, 0.29) is 0 Å². The smallest absolute Gasteiger partial charge is 0.220 e. The van der Waals surface area contributed by atoms with Crippen molar-refractivity contribution in [2.45, 2.75) is 13.3 Å². The molecule has 4 nitrogen and oxygen atoms in total. The second-order valence-corrected chi connectivity index (χ2v) is 4.52. The van der Waals surface area contributed by atoms with Crippen LogP contribution in [-0.2, 0) is 6.42 Å². The molecule has 94 valence electrons. The highest BCUT2D eigenvalue weighted by molar-refractivity contribution is 5.82. The van der Waals surface area contributed by atoms with Crippen LogP contribution in [0.2, 0.25) is 0 Å². The molecule has 4 heteroatoms. The fraction of sp³-hybridized carbons (Fsp3) is 0.133. The quantitative estimate of drug-likeness (QED) is 0.759. The van der Waals surface area contributed by atoms with E-state index < -0.39 is 0 Å². The minimum Gasteiger partial charge on any atom is -0.368 e. The number of hydrogen-bond acceptors (Lipinski definition) is 4. The third-order valence-corrected chi connectivity index (χ3v) is 3.04. The molecule has 0 aliphatic carbocycles. The summed E-state index contributed by atoms with van der Waals surface area (Å²) < 4.78 is 0. The first kappa shape index (κ1) is 11.6. The zero-order valence-electron chi connectivity index (χ0n) is 10.7. The molecule has 0 saturated heterocycles. The molecule has 0 atom stereocenters. The van der Waals surface area contributed by atoms with Crippen LogP contribution in [0.4, 0.5) is 5.95 Å². The molecule has 0 aliphatic heterocycles. The third-order valence-electron chi connectivity index (χ3n) is 3.04. The maximum absolute atomic E-state index is 5.69. The Bertz CT molecular complexity index is 712. The molecule has 2 aromatic heterocycles. The average molecular weight is 250 g/mol. The SMILES string of the molecule is Cc1cc(Cc2ccnc3ccccc23)nc(N)n1. The molecule has 0 radical (unpaired) electrons. The van der Waals surface area contributed by atoms with E-state index in [4.69, 9.17) is 5.73 Å². The predicted octanol–water partition coefficient (Wildman–Crippen LogP) is 2.51. The molecule has 0 saturated carbocycles. The van der Waals surface area contributed by atoms with Crippen LogP contribution in [0.25, 0.3) is 10.9 Å².